The Hall–Kier alpha value is -0.890. The topological polar surface area (TPSA) is 26.0 Å². The lowest BCUT2D eigenvalue weighted by atomic mass is 9.40. The molecule has 2 atom stereocenters. The van der Waals surface area contributed by atoms with Crippen LogP contribution in [0.15, 0.2) is 30.3 Å². The summed E-state index contributed by atoms with van der Waals surface area (Å²) in [5.41, 5.74) is 8.55. The number of hydrogen-bond donors (Lipinski definition) is 1. The minimum Gasteiger partial charge on any atom is -0.393 e. The Morgan fingerprint density at radius 1 is 1.10 bits per heavy atom. The van der Waals surface area contributed by atoms with E-state index in [2.05, 4.69) is 37.3 Å². The molecule has 0 radical (unpaired) electrons. The van der Waals surface area contributed by atoms with Gasteiger partial charge in [-0.25, -0.2) is 0 Å². The normalized spacial score (nSPS) is 45.5. The molecule has 0 aromatic heterocycles. The van der Waals surface area contributed by atoms with Gasteiger partial charge in [0.1, 0.15) is 0 Å². The van der Waals surface area contributed by atoms with Crippen LogP contribution in [0.5, 0.6) is 0 Å². The highest BCUT2D eigenvalue weighted by atomic mass is 32.1. The lowest BCUT2D eigenvalue weighted by molar-refractivity contribution is -0.0822. The van der Waals surface area contributed by atoms with E-state index in [0.29, 0.717) is 16.7 Å². The van der Waals surface area contributed by atoms with Crippen LogP contribution in [0.2, 0.25) is 0 Å². The third-order valence-electron chi connectivity index (χ3n) is 6.31. The van der Waals surface area contributed by atoms with Crippen LogP contribution in [0.4, 0.5) is 0 Å². The molecule has 1 aromatic carbocycles. The molecule has 4 bridgehead atoms. The van der Waals surface area contributed by atoms with Crippen molar-refractivity contribution in [3.8, 4) is 0 Å². The predicted octanol–water partition coefficient (Wildman–Crippen LogP) is 4.06. The van der Waals surface area contributed by atoms with E-state index in [1.807, 2.05) is 0 Å². The van der Waals surface area contributed by atoms with E-state index >= 15 is 0 Å². The van der Waals surface area contributed by atoms with Crippen LogP contribution >= 0.6 is 12.2 Å². The van der Waals surface area contributed by atoms with E-state index in [1.165, 1.54) is 32.1 Å². The molecular formula is C18H23NS. The van der Waals surface area contributed by atoms with Crippen molar-refractivity contribution in [1.82, 2.24) is 0 Å². The number of nitrogens with two attached hydrogens (primary N) is 1. The Morgan fingerprint density at radius 3 is 2.25 bits per heavy atom. The van der Waals surface area contributed by atoms with Gasteiger partial charge in [0.05, 0.1) is 4.99 Å². The van der Waals surface area contributed by atoms with Crippen LogP contribution in [-0.4, -0.2) is 4.99 Å². The zero-order valence-corrected chi connectivity index (χ0v) is 13.0. The molecule has 4 aliphatic rings. The minimum atomic E-state index is 0.406. The zero-order chi connectivity index (χ0) is 14.0. The summed E-state index contributed by atoms with van der Waals surface area (Å²) in [6.07, 6.45) is 6.62. The summed E-state index contributed by atoms with van der Waals surface area (Å²) < 4.78 is 0. The van der Waals surface area contributed by atoms with Crippen molar-refractivity contribution >= 4 is 17.2 Å². The van der Waals surface area contributed by atoms with Gasteiger partial charge in [-0.2, -0.15) is 0 Å². The van der Waals surface area contributed by atoms with E-state index in [0.717, 1.165) is 16.8 Å². The first-order chi connectivity index (χ1) is 9.51. The van der Waals surface area contributed by atoms with Crippen LogP contribution in [0.1, 0.15) is 44.6 Å². The van der Waals surface area contributed by atoms with Gasteiger partial charge < -0.3 is 5.73 Å². The average Bonchev–Trinajstić information content (AvgIpc) is 2.36. The van der Waals surface area contributed by atoms with E-state index in [1.54, 1.807) is 5.56 Å². The Bertz CT molecular complexity index is 534. The summed E-state index contributed by atoms with van der Waals surface area (Å²) in [5, 5.41) is 0. The van der Waals surface area contributed by atoms with Crippen LogP contribution in [-0.2, 0) is 5.41 Å². The summed E-state index contributed by atoms with van der Waals surface area (Å²) in [4.78, 5) is 0.783. The average molecular weight is 285 g/mol. The Morgan fingerprint density at radius 2 is 1.70 bits per heavy atom. The van der Waals surface area contributed by atoms with Crippen LogP contribution < -0.4 is 5.73 Å². The van der Waals surface area contributed by atoms with Crippen molar-refractivity contribution in [2.45, 2.75) is 44.4 Å². The summed E-state index contributed by atoms with van der Waals surface area (Å²) in [5.74, 6) is 1.95. The fraction of sp³-hybridized carbons (Fsp3) is 0.611. The summed E-state index contributed by atoms with van der Waals surface area (Å²) in [6.45, 7) is 2.50. The molecule has 0 spiro atoms. The van der Waals surface area contributed by atoms with Crippen LogP contribution in [0, 0.1) is 23.2 Å². The summed E-state index contributed by atoms with van der Waals surface area (Å²) >= 11 is 5.39. The fourth-order valence-corrected chi connectivity index (χ4v) is 6.56. The standard InChI is InChI=1S/C18H23NS/c1-17-7-12-9-18(11-17,14-5-3-2-4-6-14)10-13(8-17)15(12)16(19)20/h2-6,12-13,15H,7-11H2,1H3,(H2,19,20). The van der Waals surface area contributed by atoms with Crippen LogP contribution in [0.25, 0.3) is 0 Å². The van der Waals surface area contributed by atoms with Crippen molar-refractivity contribution in [2.75, 3.05) is 0 Å². The largest absolute Gasteiger partial charge is 0.393 e. The molecule has 1 aromatic rings. The molecule has 5 rings (SSSR count). The van der Waals surface area contributed by atoms with E-state index < -0.39 is 0 Å². The highest BCUT2D eigenvalue weighted by Crippen LogP contribution is 2.67. The maximum Gasteiger partial charge on any atom is 0.0764 e. The van der Waals surface area contributed by atoms with E-state index in [4.69, 9.17) is 18.0 Å². The third-order valence-corrected chi connectivity index (χ3v) is 6.58. The Labute approximate surface area is 126 Å². The molecule has 2 N–H and O–H groups in total. The quantitative estimate of drug-likeness (QED) is 0.829. The molecule has 106 valence electrons. The van der Waals surface area contributed by atoms with Gasteiger partial charge in [0.15, 0.2) is 0 Å². The van der Waals surface area contributed by atoms with Crippen molar-refractivity contribution in [3.05, 3.63) is 35.9 Å². The minimum absolute atomic E-state index is 0.406. The first-order valence-electron chi connectivity index (χ1n) is 7.86. The molecule has 0 saturated heterocycles. The van der Waals surface area contributed by atoms with Crippen molar-refractivity contribution < 1.29 is 0 Å². The lowest BCUT2D eigenvalue weighted by Gasteiger charge is -2.64. The second-order valence-corrected chi connectivity index (χ2v) is 8.37. The molecule has 0 aliphatic heterocycles. The molecule has 0 heterocycles. The van der Waals surface area contributed by atoms with Gasteiger partial charge >= 0.3 is 0 Å². The van der Waals surface area contributed by atoms with Crippen LogP contribution in [0.3, 0.4) is 0 Å². The highest BCUT2D eigenvalue weighted by molar-refractivity contribution is 7.80. The number of hydrogen-bond acceptors (Lipinski definition) is 1. The summed E-state index contributed by atoms with van der Waals surface area (Å²) in [7, 11) is 0. The van der Waals surface area contributed by atoms with Gasteiger partial charge in [-0.1, -0.05) is 49.5 Å². The predicted molar refractivity (Wildman–Crippen MR) is 86.6 cm³/mol. The maximum absolute atomic E-state index is 6.07. The number of benzene rings is 1. The van der Waals surface area contributed by atoms with E-state index in [9.17, 15) is 0 Å². The Balaban J connectivity index is 1.77. The molecule has 4 saturated carbocycles. The smallest absolute Gasteiger partial charge is 0.0764 e. The molecule has 2 unspecified atom stereocenters. The van der Waals surface area contributed by atoms with Gasteiger partial charge in [0.25, 0.3) is 0 Å². The zero-order valence-electron chi connectivity index (χ0n) is 12.1. The molecule has 1 nitrogen and oxygen atoms in total. The van der Waals surface area contributed by atoms with Crippen molar-refractivity contribution in [3.63, 3.8) is 0 Å². The lowest BCUT2D eigenvalue weighted by Crippen LogP contribution is -2.59. The molecular weight excluding hydrogens is 262 g/mol. The molecule has 4 fully saturated rings. The third kappa shape index (κ3) is 1.70. The van der Waals surface area contributed by atoms with Gasteiger partial charge in [0.2, 0.25) is 0 Å². The number of thiocarbonyl (C=S) groups is 1. The van der Waals surface area contributed by atoms with Gasteiger partial charge in [-0.3, -0.25) is 0 Å². The SMILES string of the molecule is CC12CC3CC(c4ccccc4)(CC(C1)C3C(N)=S)C2. The molecule has 20 heavy (non-hydrogen) atoms. The molecule has 2 heteroatoms. The first kappa shape index (κ1) is 12.8. The number of rotatable bonds is 2. The summed E-state index contributed by atoms with van der Waals surface area (Å²) in [6, 6.07) is 11.2. The highest BCUT2D eigenvalue weighted by Gasteiger charge is 2.60. The second kappa shape index (κ2) is 4.07. The second-order valence-electron chi connectivity index (χ2n) is 7.90. The van der Waals surface area contributed by atoms with Gasteiger partial charge in [-0.15, -0.1) is 0 Å². The fourth-order valence-electron chi connectivity index (χ4n) is 6.17. The van der Waals surface area contributed by atoms with Crippen molar-refractivity contribution in [1.29, 1.82) is 0 Å². The monoisotopic (exact) mass is 285 g/mol. The van der Waals surface area contributed by atoms with Crippen molar-refractivity contribution in [2.24, 2.45) is 28.9 Å². The molecule has 4 aliphatic carbocycles. The molecule has 0 amide bonds. The van der Waals surface area contributed by atoms with Gasteiger partial charge in [-0.05, 0) is 60.3 Å². The Kier molecular flexibility index (Phi) is 2.61. The maximum atomic E-state index is 6.07. The first-order valence-corrected chi connectivity index (χ1v) is 8.27. The van der Waals surface area contributed by atoms with Gasteiger partial charge in [0, 0.05) is 5.92 Å². The van der Waals surface area contributed by atoms with E-state index in [-0.39, 0.29) is 0 Å².